The van der Waals surface area contributed by atoms with Gasteiger partial charge in [-0.3, -0.25) is 9.78 Å². The smallest absolute Gasteiger partial charge is 0.272 e. The van der Waals surface area contributed by atoms with E-state index in [1.165, 1.54) is 18.9 Å². The minimum absolute atomic E-state index is 0.200. The Morgan fingerprint density at radius 2 is 2.19 bits per heavy atom. The number of aromatic nitrogens is 1. The highest BCUT2D eigenvalue weighted by Crippen LogP contribution is 2.27. The Kier molecular flexibility index (Phi) is 7.28. The van der Waals surface area contributed by atoms with Gasteiger partial charge in [0.25, 0.3) is 5.91 Å². The quantitative estimate of drug-likeness (QED) is 0.611. The fraction of sp³-hybridized carbons (Fsp3) is 0.444. The molecule has 142 valence electrons. The number of aliphatic hydroxyl groups excluding tert-OH is 1. The van der Waals surface area contributed by atoms with Gasteiger partial charge in [0.1, 0.15) is 5.75 Å². The molecule has 0 bridgehead atoms. The molecule has 0 saturated heterocycles. The summed E-state index contributed by atoms with van der Waals surface area (Å²) in [5, 5.41) is 13.3. The topological polar surface area (TPSA) is 80.7 Å². The van der Waals surface area contributed by atoms with Gasteiger partial charge in [0.2, 0.25) is 5.44 Å². The van der Waals surface area contributed by atoms with Crippen molar-refractivity contribution in [2.75, 3.05) is 26.6 Å². The molecule has 1 heterocycles. The number of nitrogens with one attached hydrogen (secondary N) is 1. The number of amides is 1. The normalized spacial score (nSPS) is 14.7. The van der Waals surface area contributed by atoms with E-state index in [9.17, 15) is 9.90 Å². The molecule has 0 saturated carbocycles. The van der Waals surface area contributed by atoms with Gasteiger partial charge in [-0.05, 0) is 59.8 Å². The Morgan fingerprint density at radius 3 is 2.81 bits per heavy atom. The zero-order valence-electron chi connectivity index (χ0n) is 15.2. The molecule has 1 aromatic carbocycles. The number of fused-ring (bicyclic) bond motifs is 1. The van der Waals surface area contributed by atoms with Crippen molar-refractivity contribution >= 4 is 44.5 Å². The molecule has 26 heavy (non-hydrogen) atoms. The third kappa shape index (κ3) is 5.09. The average Bonchev–Trinajstić information content (AvgIpc) is 2.59. The van der Waals surface area contributed by atoms with Crippen molar-refractivity contribution in [1.82, 2.24) is 10.3 Å². The van der Waals surface area contributed by atoms with Gasteiger partial charge in [-0.1, -0.05) is 0 Å². The van der Waals surface area contributed by atoms with Crippen molar-refractivity contribution in [2.24, 2.45) is 0 Å². The summed E-state index contributed by atoms with van der Waals surface area (Å²) >= 11 is 4.69. The molecule has 2 unspecified atom stereocenters. The molecule has 1 aromatic heterocycles. The van der Waals surface area contributed by atoms with Crippen LogP contribution in [-0.2, 0) is 9.53 Å². The van der Waals surface area contributed by atoms with E-state index in [2.05, 4.69) is 26.2 Å². The largest absolute Gasteiger partial charge is 0.470 e. The van der Waals surface area contributed by atoms with Crippen LogP contribution in [0.15, 0.2) is 28.9 Å². The van der Waals surface area contributed by atoms with Crippen LogP contribution < -0.4 is 10.1 Å². The second-order valence-electron chi connectivity index (χ2n) is 6.29. The van der Waals surface area contributed by atoms with Crippen LogP contribution in [0.25, 0.3) is 10.9 Å². The number of hydrogen-bond donors (Lipinski definition) is 2. The van der Waals surface area contributed by atoms with E-state index in [-0.39, 0.29) is 19.1 Å². The van der Waals surface area contributed by atoms with Crippen molar-refractivity contribution < 1.29 is 19.4 Å². The third-order valence-corrected chi connectivity index (χ3v) is 4.99. The van der Waals surface area contributed by atoms with Crippen LogP contribution in [-0.4, -0.2) is 53.6 Å². The Labute approximate surface area is 165 Å². The standard InChI is InChI=1S/C18H23BrN2O4S/c1-11-5-14(7-12-6-13(19)8-20-15(11)12)25-17(26-4)16(23)21-18(2,9-22)10-24-3/h5-8,17,22H,9-10H2,1-4H3,(H,21,23). The van der Waals surface area contributed by atoms with E-state index in [1.54, 1.807) is 19.4 Å². The lowest BCUT2D eigenvalue weighted by Crippen LogP contribution is -2.55. The Balaban J connectivity index is 2.21. The molecule has 0 fully saturated rings. The molecule has 2 atom stereocenters. The highest BCUT2D eigenvalue weighted by Gasteiger charge is 2.30. The maximum atomic E-state index is 12.6. The van der Waals surface area contributed by atoms with Gasteiger partial charge in [0, 0.05) is 23.2 Å². The number of aliphatic hydroxyl groups is 1. The molecule has 1 amide bonds. The van der Waals surface area contributed by atoms with Crippen molar-refractivity contribution in [3.05, 3.63) is 34.4 Å². The van der Waals surface area contributed by atoms with E-state index >= 15 is 0 Å². The average molecular weight is 443 g/mol. The van der Waals surface area contributed by atoms with Gasteiger partial charge < -0.3 is 19.9 Å². The van der Waals surface area contributed by atoms with E-state index in [0.29, 0.717) is 5.75 Å². The molecule has 0 aliphatic rings. The minimum Gasteiger partial charge on any atom is -0.470 e. The molecular formula is C18H23BrN2O4S. The van der Waals surface area contributed by atoms with Gasteiger partial charge in [-0.25, -0.2) is 0 Å². The molecule has 0 radical (unpaired) electrons. The maximum absolute atomic E-state index is 12.6. The van der Waals surface area contributed by atoms with Crippen molar-refractivity contribution in [3.8, 4) is 5.75 Å². The van der Waals surface area contributed by atoms with Crippen LogP contribution in [0.2, 0.25) is 0 Å². The van der Waals surface area contributed by atoms with Gasteiger partial charge in [0.15, 0.2) is 0 Å². The number of hydrogen-bond acceptors (Lipinski definition) is 6. The SMILES string of the molecule is COCC(C)(CO)NC(=O)C(Oc1cc(C)c2ncc(Br)cc2c1)SC. The third-order valence-electron chi connectivity index (χ3n) is 3.82. The van der Waals surface area contributed by atoms with Crippen molar-refractivity contribution in [3.63, 3.8) is 0 Å². The lowest BCUT2D eigenvalue weighted by molar-refractivity contribution is -0.127. The summed E-state index contributed by atoms with van der Waals surface area (Å²) in [6.07, 6.45) is 3.54. The van der Waals surface area contributed by atoms with Crippen molar-refractivity contribution in [1.29, 1.82) is 0 Å². The number of ether oxygens (including phenoxy) is 2. The molecule has 2 aromatic rings. The van der Waals surface area contributed by atoms with E-state index in [1.807, 2.05) is 25.1 Å². The Hall–Kier alpha value is -1.35. The van der Waals surface area contributed by atoms with Crippen LogP contribution in [0.5, 0.6) is 5.75 Å². The second kappa shape index (κ2) is 9.03. The number of thioether (sulfide) groups is 1. The van der Waals surface area contributed by atoms with Crippen LogP contribution in [0.4, 0.5) is 0 Å². The van der Waals surface area contributed by atoms with Crippen LogP contribution in [0.3, 0.4) is 0 Å². The number of aryl methyl sites for hydroxylation is 1. The monoisotopic (exact) mass is 442 g/mol. The fourth-order valence-corrected chi connectivity index (χ4v) is 3.40. The summed E-state index contributed by atoms with van der Waals surface area (Å²) < 4.78 is 11.9. The fourth-order valence-electron chi connectivity index (χ4n) is 2.57. The summed E-state index contributed by atoms with van der Waals surface area (Å²) in [5.74, 6) is 0.262. The van der Waals surface area contributed by atoms with Gasteiger partial charge in [-0.15, -0.1) is 11.8 Å². The zero-order chi connectivity index (χ0) is 19.3. The van der Waals surface area contributed by atoms with Crippen LogP contribution in [0, 0.1) is 6.92 Å². The number of rotatable bonds is 8. The molecule has 2 N–H and O–H groups in total. The van der Waals surface area contributed by atoms with Crippen LogP contribution >= 0.6 is 27.7 Å². The summed E-state index contributed by atoms with van der Waals surface area (Å²) in [6, 6.07) is 5.68. The minimum atomic E-state index is -0.864. The second-order valence-corrected chi connectivity index (χ2v) is 8.11. The number of nitrogens with zero attached hydrogens (tertiary/aromatic N) is 1. The molecule has 0 spiro atoms. The first-order valence-electron chi connectivity index (χ1n) is 7.99. The van der Waals surface area contributed by atoms with Gasteiger partial charge >= 0.3 is 0 Å². The van der Waals surface area contributed by atoms with Crippen LogP contribution in [0.1, 0.15) is 12.5 Å². The van der Waals surface area contributed by atoms with E-state index < -0.39 is 11.0 Å². The van der Waals surface area contributed by atoms with Crippen molar-refractivity contribution in [2.45, 2.75) is 24.8 Å². The Bertz CT molecular complexity index is 789. The lowest BCUT2D eigenvalue weighted by atomic mass is 10.1. The summed E-state index contributed by atoms with van der Waals surface area (Å²) in [7, 11) is 1.52. The molecule has 6 nitrogen and oxygen atoms in total. The predicted molar refractivity (Wildman–Crippen MR) is 108 cm³/mol. The van der Waals surface area contributed by atoms with E-state index in [4.69, 9.17) is 9.47 Å². The van der Waals surface area contributed by atoms with E-state index in [0.717, 1.165) is 20.9 Å². The number of carbonyl (C=O) groups excluding carboxylic acids is 1. The first kappa shape index (κ1) is 21.0. The summed E-state index contributed by atoms with van der Waals surface area (Å²) in [5.41, 5.74) is 0.232. The number of halogens is 1. The Morgan fingerprint density at radius 1 is 1.46 bits per heavy atom. The first-order valence-corrected chi connectivity index (χ1v) is 10.1. The molecule has 8 heteroatoms. The van der Waals surface area contributed by atoms with Gasteiger partial charge in [-0.2, -0.15) is 0 Å². The number of benzene rings is 1. The molecule has 0 aliphatic heterocycles. The first-order chi connectivity index (χ1) is 12.3. The number of pyridine rings is 1. The predicted octanol–water partition coefficient (Wildman–Crippen LogP) is 2.89. The molecular weight excluding hydrogens is 420 g/mol. The molecule has 0 aliphatic carbocycles. The summed E-state index contributed by atoms with van der Waals surface area (Å²) in [6.45, 7) is 3.63. The molecule has 2 rings (SSSR count). The lowest BCUT2D eigenvalue weighted by Gasteiger charge is -2.29. The number of carbonyl (C=O) groups is 1. The highest BCUT2D eigenvalue weighted by molar-refractivity contribution is 9.10. The van der Waals surface area contributed by atoms with Gasteiger partial charge in [0.05, 0.1) is 24.3 Å². The number of methoxy groups -OCH3 is 1. The highest BCUT2D eigenvalue weighted by atomic mass is 79.9. The zero-order valence-corrected chi connectivity index (χ0v) is 17.6. The summed E-state index contributed by atoms with van der Waals surface area (Å²) in [4.78, 5) is 17.0. The maximum Gasteiger partial charge on any atom is 0.272 e.